The summed E-state index contributed by atoms with van der Waals surface area (Å²) < 4.78 is 13.1. The summed E-state index contributed by atoms with van der Waals surface area (Å²) in [5.74, 6) is 0.673. The molecule has 1 aromatic carbocycles. The summed E-state index contributed by atoms with van der Waals surface area (Å²) in [6, 6.07) is 7.95. The topological polar surface area (TPSA) is 12.0 Å². The Labute approximate surface area is 123 Å². The predicted octanol–water partition coefficient (Wildman–Crippen LogP) is 5.23. The molecule has 2 atom stereocenters. The number of nitrogens with one attached hydrogen (secondary N) is 1. The maximum Gasteiger partial charge on any atom is 0.123 e. The Bertz CT molecular complexity index is 381. The molecule has 20 heavy (non-hydrogen) atoms. The van der Waals surface area contributed by atoms with Crippen LogP contribution in [0.25, 0.3) is 0 Å². The second-order valence-electron chi connectivity index (χ2n) is 6.25. The molecule has 1 saturated carbocycles. The smallest absolute Gasteiger partial charge is 0.123 e. The molecule has 0 aromatic heterocycles. The van der Waals surface area contributed by atoms with Crippen molar-refractivity contribution in [1.82, 2.24) is 5.32 Å². The van der Waals surface area contributed by atoms with E-state index in [0.29, 0.717) is 12.1 Å². The van der Waals surface area contributed by atoms with E-state index in [1.54, 1.807) is 12.1 Å². The fraction of sp³-hybridized carbons (Fsp3) is 0.667. The molecule has 112 valence electrons. The van der Waals surface area contributed by atoms with Crippen LogP contribution in [0.1, 0.15) is 70.4 Å². The van der Waals surface area contributed by atoms with Crippen LogP contribution in [0.3, 0.4) is 0 Å². The fourth-order valence-electron chi connectivity index (χ4n) is 3.36. The van der Waals surface area contributed by atoms with Gasteiger partial charge in [-0.2, -0.15) is 0 Å². The van der Waals surface area contributed by atoms with Gasteiger partial charge in [-0.25, -0.2) is 4.39 Å². The van der Waals surface area contributed by atoms with Gasteiger partial charge in [0.05, 0.1) is 0 Å². The largest absolute Gasteiger partial charge is 0.307 e. The molecule has 0 bridgehead atoms. The highest BCUT2D eigenvalue weighted by Crippen LogP contribution is 2.30. The Balaban J connectivity index is 2.00. The summed E-state index contributed by atoms with van der Waals surface area (Å²) >= 11 is 0. The molecule has 1 aliphatic carbocycles. The summed E-state index contributed by atoms with van der Waals surface area (Å²) in [5.41, 5.74) is 1.23. The van der Waals surface area contributed by atoms with Crippen molar-refractivity contribution in [2.45, 2.75) is 70.9 Å². The Morgan fingerprint density at radius 3 is 2.45 bits per heavy atom. The zero-order chi connectivity index (χ0) is 14.4. The highest BCUT2D eigenvalue weighted by atomic mass is 19.1. The molecule has 1 fully saturated rings. The highest BCUT2D eigenvalue weighted by molar-refractivity contribution is 5.20. The monoisotopic (exact) mass is 277 g/mol. The molecule has 1 aliphatic rings. The van der Waals surface area contributed by atoms with Gasteiger partial charge in [0.15, 0.2) is 0 Å². The molecule has 1 nitrogen and oxygen atoms in total. The minimum absolute atomic E-state index is 0.146. The summed E-state index contributed by atoms with van der Waals surface area (Å²) in [6.07, 6.45) is 9.04. The molecular formula is C18H28FN. The molecular weight excluding hydrogens is 249 g/mol. The zero-order valence-corrected chi connectivity index (χ0v) is 12.9. The molecule has 2 rings (SSSR count). The summed E-state index contributed by atoms with van der Waals surface area (Å²) in [4.78, 5) is 0. The number of hydrogen-bond acceptors (Lipinski definition) is 1. The van der Waals surface area contributed by atoms with Crippen LogP contribution in [-0.4, -0.2) is 6.04 Å². The first-order valence-corrected chi connectivity index (χ1v) is 8.22. The second-order valence-corrected chi connectivity index (χ2v) is 6.25. The highest BCUT2D eigenvalue weighted by Gasteiger charge is 2.24. The third-order valence-electron chi connectivity index (χ3n) is 4.69. The van der Waals surface area contributed by atoms with Crippen LogP contribution in [0.2, 0.25) is 0 Å². The van der Waals surface area contributed by atoms with Gasteiger partial charge in [0, 0.05) is 12.1 Å². The van der Waals surface area contributed by atoms with Gasteiger partial charge in [-0.1, -0.05) is 44.7 Å². The molecule has 2 heteroatoms. The van der Waals surface area contributed by atoms with Crippen LogP contribution in [0.4, 0.5) is 4.39 Å². The van der Waals surface area contributed by atoms with Crippen molar-refractivity contribution in [3.8, 4) is 0 Å². The molecule has 1 N–H and O–H groups in total. The standard InChI is InChI=1S/C18H28FN/c1-3-4-9-18(16-10-12-17(19)13-11-16)20-14(2)15-7-5-6-8-15/h10-15,18,20H,3-9H2,1-2H3/t14-,18?/m0/s1. The molecule has 1 unspecified atom stereocenters. The Morgan fingerprint density at radius 1 is 1.20 bits per heavy atom. The number of hydrogen-bond donors (Lipinski definition) is 1. The van der Waals surface area contributed by atoms with Gasteiger partial charge in [-0.05, 0) is 49.8 Å². The van der Waals surface area contributed by atoms with Crippen molar-refractivity contribution in [3.63, 3.8) is 0 Å². The van der Waals surface area contributed by atoms with Crippen LogP contribution < -0.4 is 5.32 Å². The minimum Gasteiger partial charge on any atom is -0.307 e. The van der Waals surface area contributed by atoms with Crippen molar-refractivity contribution in [3.05, 3.63) is 35.6 Å². The Hall–Kier alpha value is -0.890. The molecule has 0 heterocycles. The van der Waals surface area contributed by atoms with Gasteiger partial charge >= 0.3 is 0 Å². The fourth-order valence-corrected chi connectivity index (χ4v) is 3.36. The van der Waals surface area contributed by atoms with Crippen molar-refractivity contribution in [2.75, 3.05) is 0 Å². The number of halogens is 1. The number of rotatable bonds is 7. The number of unbranched alkanes of at least 4 members (excludes halogenated alkanes) is 1. The predicted molar refractivity (Wildman–Crippen MR) is 83.2 cm³/mol. The van der Waals surface area contributed by atoms with Crippen LogP contribution in [0, 0.1) is 11.7 Å². The van der Waals surface area contributed by atoms with Crippen molar-refractivity contribution in [2.24, 2.45) is 5.92 Å². The van der Waals surface area contributed by atoms with Crippen molar-refractivity contribution in [1.29, 1.82) is 0 Å². The van der Waals surface area contributed by atoms with E-state index in [2.05, 4.69) is 19.2 Å². The van der Waals surface area contributed by atoms with Crippen LogP contribution in [0.5, 0.6) is 0 Å². The maximum absolute atomic E-state index is 13.1. The number of benzene rings is 1. The lowest BCUT2D eigenvalue weighted by Gasteiger charge is -2.27. The van der Waals surface area contributed by atoms with Gasteiger partial charge in [-0.15, -0.1) is 0 Å². The van der Waals surface area contributed by atoms with E-state index in [-0.39, 0.29) is 5.82 Å². The van der Waals surface area contributed by atoms with Gasteiger partial charge < -0.3 is 5.32 Å². The maximum atomic E-state index is 13.1. The van der Waals surface area contributed by atoms with Gasteiger partial charge in [0.1, 0.15) is 5.82 Å². The second kappa shape index (κ2) is 7.78. The minimum atomic E-state index is -0.146. The van der Waals surface area contributed by atoms with Gasteiger partial charge in [-0.3, -0.25) is 0 Å². The van der Waals surface area contributed by atoms with E-state index >= 15 is 0 Å². The van der Waals surface area contributed by atoms with Crippen LogP contribution in [0.15, 0.2) is 24.3 Å². The van der Waals surface area contributed by atoms with Crippen molar-refractivity contribution < 1.29 is 4.39 Å². The third-order valence-corrected chi connectivity index (χ3v) is 4.69. The average molecular weight is 277 g/mol. The van der Waals surface area contributed by atoms with Gasteiger partial charge in [0.25, 0.3) is 0 Å². The SMILES string of the molecule is CCCCC(N[C@@H](C)C1CCCC1)c1ccc(F)cc1. The molecule has 1 aromatic rings. The molecule has 0 saturated heterocycles. The third kappa shape index (κ3) is 4.31. The van der Waals surface area contributed by atoms with E-state index in [1.165, 1.54) is 44.1 Å². The average Bonchev–Trinajstić information content (AvgIpc) is 2.98. The van der Waals surface area contributed by atoms with Crippen LogP contribution in [-0.2, 0) is 0 Å². The van der Waals surface area contributed by atoms with E-state index in [1.807, 2.05) is 12.1 Å². The first kappa shape index (κ1) is 15.5. The lowest BCUT2D eigenvalue weighted by atomic mass is 9.95. The van der Waals surface area contributed by atoms with Crippen molar-refractivity contribution >= 4 is 0 Å². The lowest BCUT2D eigenvalue weighted by molar-refractivity contribution is 0.331. The van der Waals surface area contributed by atoms with E-state index in [9.17, 15) is 4.39 Å². The van der Waals surface area contributed by atoms with E-state index in [4.69, 9.17) is 0 Å². The normalized spacial score (nSPS) is 19.1. The summed E-state index contributed by atoms with van der Waals surface area (Å²) in [7, 11) is 0. The molecule has 0 amide bonds. The van der Waals surface area contributed by atoms with E-state index < -0.39 is 0 Å². The molecule has 0 spiro atoms. The zero-order valence-electron chi connectivity index (χ0n) is 12.9. The Kier molecular flexibility index (Phi) is 6.03. The first-order chi connectivity index (χ1) is 9.70. The molecule has 0 aliphatic heterocycles. The first-order valence-electron chi connectivity index (χ1n) is 8.22. The Morgan fingerprint density at radius 2 is 1.85 bits per heavy atom. The summed E-state index contributed by atoms with van der Waals surface area (Å²) in [6.45, 7) is 4.54. The summed E-state index contributed by atoms with van der Waals surface area (Å²) in [5, 5.41) is 3.81. The lowest BCUT2D eigenvalue weighted by Crippen LogP contribution is -2.35. The molecule has 0 radical (unpaired) electrons. The van der Waals surface area contributed by atoms with E-state index in [0.717, 1.165) is 12.3 Å². The van der Waals surface area contributed by atoms with Crippen LogP contribution >= 0.6 is 0 Å². The quantitative estimate of drug-likeness (QED) is 0.720. The van der Waals surface area contributed by atoms with Gasteiger partial charge in [0.2, 0.25) is 0 Å².